The highest BCUT2D eigenvalue weighted by Crippen LogP contribution is 2.32. The number of carbonyl (C=O) groups excluding carboxylic acids is 2. The van der Waals surface area contributed by atoms with Crippen molar-refractivity contribution in [2.24, 2.45) is 11.8 Å². The Morgan fingerprint density at radius 3 is 1.95 bits per heavy atom. The second-order valence-corrected chi connectivity index (χ2v) is 5.30. The Labute approximate surface area is 124 Å². The molecule has 114 valence electrons. The van der Waals surface area contributed by atoms with Crippen LogP contribution < -0.4 is 0 Å². The Bertz CT molecular complexity index is 478. The third-order valence-electron chi connectivity index (χ3n) is 4.19. The monoisotopic (exact) mass is 291 g/mol. The van der Waals surface area contributed by atoms with Crippen LogP contribution in [0, 0.1) is 11.8 Å². The lowest BCUT2D eigenvalue weighted by atomic mass is 9.96. The molecule has 0 aromatic heterocycles. The van der Waals surface area contributed by atoms with Crippen LogP contribution in [0.4, 0.5) is 0 Å². The summed E-state index contributed by atoms with van der Waals surface area (Å²) in [7, 11) is 2.69. The van der Waals surface area contributed by atoms with Crippen LogP contribution in [0.5, 0.6) is 0 Å². The van der Waals surface area contributed by atoms with Crippen LogP contribution in [-0.4, -0.2) is 44.1 Å². The minimum atomic E-state index is -0.464. The van der Waals surface area contributed by atoms with Crippen LogP contribution in [-0.2, 0) is 19.1 Å². The second kappa shape index (κ2) is 6.72. The zero-order valence-corrected chi connectivity index (χ0v) is 12.6. The number of rotatable bonds is 4. The van der Waals surface area contributed by atoms with Crippen molar-refractivity contribution in [1.82, 2.24) is 4.90 Å². The maximum atomic E-state index is 11.9. The van der Waals surface area contributed by atoms with Crippen molar-refractivity contribution in [3.8, 4) is 0 Å². The summed E-state index contributed by atoms with van der Waals surface area (Å²) in [6.07, 6.45) is 0. The molecule has 1 aromatic rings. The fourth-order valence-corrected chi connectivity index (χ4v) is 2.87. The first-order valence-electron chi connectivity index (χ1n) is 7.03. The molecule has 0 bridgehead atoms. The van der Waals surface area contributed by atoms with E-state index in [1.54, 1.807) is 0 Å². The van der Waals surface area contributed by atoms with E-state index in [-0.39, 0.29) is 18.0 Å². The molecule has 3 atom stereocenters. The van der Waals surface area contributed by atoms with Crippen molar-refractivity contribution in [2.75, 3.05) is 27.3 Å². The first-order chi connectivity index (χ1) is 10.1. The topological polar surface area (TPSA) is 55.8 Å². The van der Waals surface area contributed by atoms with Gasteiger partial charge in [0, 0.05) is 19.1 Å². The fraction of sp³-hybridized carbons (Fsp3) is 0.500. The largest absolute Gasteiger partial charge is 0.469 e. The number of esters is 2. The van der Waals surface area contributed by atoms with Gasteiger partial charge in [-0.2, -0.15) is 0 Å². The summed E-state index contributed by atoms with van der Waals surface area (Å²) < 4.78 is 9.64. The molecule has 1 aliphatic rings. The van der Waals surface area contributed by atoms with Crippen LogP contribution in [0.1, 0.15) is 18.5 Å². The highest BCUT2D eigenvalue weighted by molar-refractivity contribution is 5.83. The van der Waals surface area contributed by atoms with E-state index in [4.69, 9.17) is 9.47 Å². The van der Waals surface area contributed by atoms with Gasteiger partial charge in [-0.05, 0) is 12.5 Å². The molecule has 0 saturated carbocycles. The number of methoxy groups -OCH3 is 2. The lowest BCUT2D eigenvalue weighted by Gasteiger charge is -2.24. The molecule has 1 aliphatic heterocycles. The smallest absolute Gasteiger partial charge is 0.310 e. The molecule has 0 aliphatic carbocycles. The van der Waals surface area contributed by atoms with Crippen molar-refractivity contribution in [3.05, 3.63) is 35.9 Å². The van der Waals surface area contributed by atoms with Gasteiger partial charge < -0.3 is 9.47 Å². The zero-order chi connectivity index (χ0) is 15.4. The van der Waals surface area contributed by atoms with Crippen molar-refractivity contribution in [1.29, 1.82) is 0 Å². The van der Waals surface area contributed by atoms with E-state index in [9.17, 15) is 9.59 Å². The Balaban J connectivity index is 2.16. The molecule has 1 fully saturated rings. The van der Waals surface area contributed by atoms with Gasteiger partial charge in [0.15, 0.2) is 0 Å². The summed E-state index contributed by atoms with van der Waals surface area (Å²) in [6.45, 7) is 3.08. The van der Waals surface area contributed by atoms with Gasteiger partial charge in [-0.25, -0.2) is 0 Å². The molecule has 0 unspecified atom stereocenters. The number of hydrogen-bond acceptors (Lipinski definition) is 5. The summed E-state index contributed by atoms with van der Waals surface area (Å²) in [4.78, 5) is 25.9. The molecule has 0 N–H and O–H groups in total. The standard InChI is InChI=1S/C16H21NO4/c1-11(12-7-5-4-6-8-12)17-9-13(15(18)20-2)14(10-17)16(19)21-3/h4-8,11,13-14H,9-10H2,1-3H3/t11-,13+,14+/m1/s1. The molecular weight excluding hydrogens is 270 g/mol. The highest BCUT2D eigenvalue weighted by atomic mass is 16.5. The van der Waals surface area contributed by atoms with Crippen molar-refractivity contribution < 1.29 is 19.1 Å². The minimum Gasteiger partial charge on any atom is -0.469 e. The summed E-state index contributed by atoms with van der Waals surface area (Å²) in [5.74, 6) is -1.64. The molecule has 1 saturated heterocycles. The highest BCUT2D eigenvalue weighted by Gasteiger charge is 2.44. The lowest BCUT2D eigenvalue weighted by Crippen LogP contribution is -2.30. The van der Waals surface area contributed by atoms with Crippen LogP contribution in [0.2, 0.25) is 0 Å². The van der Waals surface area contributed by atoms with E-state index in [1.807, 2.05) is 30.3 Å². The van der Waals surface area contributed by atoms with E-state index < -0.39 is 11.8 Å². The quantitative estimate of drug-likeness (QED) is 0.789. The number of ether oxygens (including phenoxy) is 2. The molecule has 5 nitrogen and oxygen atoms in total. The number of carbonyl (C=O) groups is 2. The SMILES string of the molecule is COC(=O)[C@H]1CN([C@H](C)c2ccccc2)C[C@@H]1C(=O)OC. The third kappa shape index (κ3) is 3.24. The van der Waals surface area contributed by atoms with Gasteiger partial charge in [0.25, 0.3) is 0 Å². The van der Waals surface area contributed by atoms with E-state index in [1.165, 1.54) is 14.2 Å². The average Bonchev–Trinajstić information content (AvgIpc) is 2.98. The van der Waals surface area contributed by atoms with Gasteiger partial charge in [0.1, 0.15) is 0 Å². The number of benzene rings is 1. The van der Waals surface area contributed by atoms with Gasteiger partial charge in [0.05, 0.1) is 26.1 Å². The Hall–Kier alpha value is -1.88. The van der Waals surface area contributed by atoms with Crippen LogP contribution in [0.15, 0.2) is 30.3 Å². The average molecular weight is 291 g/mol. The van der Waals surface area contributed by atoms with E-state index in [2.05, 4.69) is 11.8 Å². The number of likely N-dealkylation sites (tertiary alicyclic amines) is 1. The van der Waals surface area contributed by atoms with Crippen LogP contribution in [0.25, 0.3) is 0 Å². The zero-order valence-electron chi connectivity index (χ0n) is 12.6. The third-order valence-corrected chi connectivity index (χ3v) is 4.19. The summed E-state index contributed by atoms with van der Waals surface area (Å²) in [5.41, 5.74) is 1.16. The maximum Gasteiger partial charge on any atom is 0.310 e. The molecule has 21 heavy (non-hydrogen) atoms. The molecule has 0 amide bonds. The van der Waals surface area contributed by atoms with Crippen LogP contribution >= 0.6 is 0 Å². The van der Waals surface area contributed by atoms with Crippen LogP contribution in [0.3, 0.4) is 0 Å². The Morgan fingerprint density at radius 1 is 1.05 bits per heavy atom. The van der Waals surface area contributed by atoms with E-state index in [0.29, 0.717) is 13.1 Å². The molecule has 2 rings (SSSR count). The fourth-order valence-electron chi connectivity index (χ4n) is 2.87. The summed E-state index contributed by atoms with van der Waals surface area (Å²) >= 11 is 0. The van der Waals surface area contributed by atoms with Gasteiger partial charge in [-0.15, -0.1) is 0 Å². The predicted octanol–water partition coefficient (Wildman–Crippen LogP) is 1.64. The van der Waals surface area contributed by atoms with Crippen molar-refractivity contribution >= 4 is 11.9 Å². The van der Waals surface area contributed by atoms with Crippen molar-refractivity contribution in [2.45, 2.75) is 13.0 Å². The summed E-state index contributed by atoms with van der Waals surface area (Å²) in [5, 5.41) is 0. The lowest BCUT2D eigenvalue weighted by molar-refractivity contribution is -0.155. The Morgan fingerprint density at radius 2 is 1.52 bits per heavy atom. The van der Waals surface area contributed by atoms with Gasteiger partial charge in [-0.1, -0.05) is 30.3 Å². The number of hydrogen-bond donors (Lipinski definition) is 0. The molecule has 5 heteroatoms. The Kier molecular flexibility index (Phi) is 4.96. The minimum absolute atomic E-state index is 0.132. The van der Waals surface area contributed by atoms with Crippen molar-refractivity contribution in [3.63, 3.8) is 0 Å². The maximum absolute atomic E-state index is 11.9. The van der Waals surface area contributed by atoms with E-state index in [0.717, 1.165) is 5.56 Å². The molecule has 1 aromatic carbocycles. The second-order valence-electron chi connectivity index (χ2n) is 5.30. The first-order valence-corrected chi connectivity index (χ1v) is 7.03. The molecular formula is C16H21NO4. The molecule has 1 heterocycles. The van der Waals surface area contributed by atoms with Gasteiger partial charge >= 0.3 is 11.9 Å². The molecule has 0 radical (unpaired) electrons. The number of nitrogens with zero attached hydrogens (tertiary/aromatic N) is 1. The normalized spacial score (nSPS) is 23.6. The summed E-state index contributed by atoms with van der Waals surface area (Å²) in [6, 6.07) is 10.2. The molecule has 0 spiro atoms. The van der Waals surface area contributed by atoms with Gasteiger partial charge in [0.2, 0.25) is 0 Å². The first kappa shape index (κ1) is 15.5. The van der Waals surface area contributed by atoms with E-state index >= 15 is 0 Å². The predicted molar refractivity (Wildman–Crippen MR) is 77.4 cm³/mol. The van der Waals surface area contributed by atoms with Gasteiger partial charge in [-0.3, -0.25) is 14.5 Å².